The van der Waals surface area contributed by atoms with Gasteiger partial charge < -0.3 is 20.1 Å². The molecule has 6 nitrogen and oxygen atoms in total. The molecule has 0 saturated heterocycles. The van der Waals surface area contributed by atoms with Crippen LogP contribution < -0.4 is 20.1 Å². The predicted octanol–water partition coefficient (Wildman–Crippen LogP) is 2.76. The van der Waals surface area contributed by atoms with Crippen molar-refractivity contribution in [2.75, 3.05) is 19.8 Å². The zero-order valence-electron chi connectivity index (χ0n) is 13.7. The summed E-state index contributed by atoms with van der Waals surface area (Å²) in [6.45, 7) is 1.09. The molecule has 0 atom stereocenters. The van der Waals surface area contributed by atoms with E-state index in [9.17, 15) is 9.59 Å². The van der Waals surface area contributed by atoms with Gasteiger partial charge in [0.15, 0.2) is 11.5 Å². The van der Waals surface area contributed by atoms with Crippen LogP contribution in [0.2, 0.25) is 5.02 Å². The molecule has 0 fully saturated rings. The van der Waals surface area contributed by atoms with E-state index < -0.39 is 0 Å². The summed E-state index contributed by atoms with van der Waals surface area (Å²) in [5.74, 6) is 0.514. The fourth-order valence-corrected chi connectivity index (χ4v) is 3.35. The highest BCUT2D eigenvalue weighted by molar-refractivity contribution is 14.1. The number of hydrogen-bond donors (Lipinski definition) is 2. The van der Waals surface area contributed by atoms with Gasteiger partial charge in [-0.25, -0.2) is 0 Å². The van der Waals surface area contributed by atoms with E-state index in [4.69, 9.17) is 21.1 Å². The Balaban J connectivity index is 1.52. The first kappa shape index (κ1) is 18.8. The molecule has 2 N–H and O–H groups in total. The van der Waals surface area contributed by atoms with E-state index in [1.807, 2.05) is 12.1 Å². The van der Waals surface area contributed by atoms with Gasteiger partial charge in [-0.15, -0.1) is 0 Å². The molecule has 136 valence electrons. The third-order valence-corrected chi connectivity index (χ3v) is 4.90. The van der Waals surface area contributed by atoms with Crippen LogP contribution in [0.5, 0.6) is 11.5 Å². The second-order valence-electron chi connectivity index (χ2n) is 5.54. The second kappa shape index (κ2) is 8.59. The number of amides is 2. The zero-order chi connectivity index (χ0) is 18.5. The third kappa shape index (κ3) is 4.59. The minimum atomic E-state index is -0.296. The summed E-state index contributed by atoms with van der Waals surface area (Å²) in [7, 11) is 0. The summed E-state index contributed by atoms with van der Waals surface area (Å²) < 4.78 is 11.8. The molecular formula is C18H16ClIN2O4. The zero-order valence-corrected chi connectivity index (χ0v) is 16.6. The quantitative estimate of drug-likeness (QED) is 0.638. The Hall–Kier alpha value is -2.00. The Labute approximate surface area is 169 Å². The predicted molar refractivity (Wildman–Crippen MR) is 106 cm³/mol. The lowest BCUT2D eigenvalue weighted by Crippen LogP contribution is -2.36. The molecule has 2 amide bonds. The van der Waals surface area contributed by atoms with Crippen molar-refractivity contribution in [3.05, 3.63) is 56.1 Å². The molecule has 26 heavy (non-hydrogen) atoms. The van der Waals surface area contributed by atoms with Crippen molar-refractivity contribution in [2.45, 2.75) is 6.54 Å². The molecular weight excluding hydrogens is 471 g/mol. The Kier molecular flexibility index (Phi) is 6.20. The normalized spacial score (nSPS) is 12.4. The topological polar surface area (TPSA) is 76.7 Å². The maximum Gasteiger partial charge on any atom is 0.252 e. The molecule has 1 aliphatic rings. The fourth-order valence-electron chi connectivity index (χ4n) is 2.43. The molecule has 0 spiro atoms. The van der Waals surface area contributed by atoms with Crippen LogP contribution >= 0.6 is 34.2 Å². The first-order valence-corrected chi connectivity index (χ1v) is 9.37. The number of fused-ring (bicyclic) bond motifs is 1. The molecule has 8 heteroatoms. The number of halogens is 2. The highest BCUT2D eigenvalue weighted by Gasteiger charge is 2.17. The Morgan fingerprint density at radius 1 is 1.12 bits per heavy atom. The van der Waals surface area contributed by atoms with E-state index in [1.165, 1.54) is 0 Å². The minimum absolute atomic E-state index is 0.109. The van der Waals surface area contributed by atoms with Crippen molar-refractivity contribution < 1.29 is 19.1 Å². The lowest BCUT2D eigenvalue weighted by Gasteiger charge is -2.20. The average molecular weight is 487 g/mol. The number of carbonyl (C=O) groups is 2. The van der Waals surface area contributed by atoms with Gasteiger partial charge in [0.2, 0.25) is 5.91 Å². The maximum atomic E-state index is 12.1. The van der Waals surface area contributed by atoms with Crippen LogP contribution in [0.3, 0.4) is 0 Å². The molecule has 1 aliphatic heterocycles. The molecule has 2 aromatic carbocycles. The molecule has 0 radical (unpaired) electrons. The van der Waals surface area contributed by atoms with Gasteiger partial charge >= 0.3 is 0 Å². The van der Waals surface area contributed by atoms with Crippen molar-refractivity contribution in [1.29, 1.82) is 0 Å². The van der Waals surface area contributed by atoms with Crippen LogP contribution in [0.15, 0.2) is 36.4 Å². The Morgan fingerprint density at radius 3 is 2.69 bits per heavy atom. The van der Waals surface area contributed by atoms with E-state index in [1.54, 1.807) is 24.3 Å². The van der Waals surface area contributed by atoms with E-state index in [0.717, 1.165) is 9.13 Å². The van der Waals surface area contributed by atoms with Crippen LogP contribution in [0, 0.1) is 3.57 Å². The molecule has 0 aliphatic carbocycles. The summed E-state index contributed by atoms with van der Waals surface area (Å²) >= 11 is 8.25. The van der Waals surface area contributed by atoms with Crippen molar-refractivity contribution in [3.8, 4) is 11.5 Å². The van der Waals surface area contributed by atoms with Crippen molar-refractivity contribution in [3.63, 3.8) is 0 Å². The van der Waals surface area contributed by atoms with E-state index >= 15 is 0 Å². The molecule has 0 saturated carbocycles. The number of ether oxygens (including phenoxy) is 2. The van der Waals surface area contributed by atoms with Crippen LogP contribution in [0.25, 0.3) is 0 Å². The standard InChI is InChI=1S/C18H16ClIN2O4/c19-13-7-11(8-15-17(13)26-6-5-25-15)9-21-16(23)10-22-18(24)12-3-1-2-4-14(12)20/h1-4,7-8H,5-6,9-10H2,(H,21,23)(H,22,24). The summed E-state index contributed by atoms with van der Waals surface area (Å²) in [6.07, 6.45) is 0. The first-order chi connectivity index (χ1) is 12.5. The monoisotopic (exact) mass is 486 g/mol. The van der Waals surface area contributed by atoms with Gasteiger partial charge in [-0.2, -0.15) is 0 Å². The average Bonchev–Trinajstić information content (AvgIpc) is 2.65. The molecule has 3 rings (SSSR count). The van der Waals surface area contributed by atoms with E-state index in [2.05, 4.69) is 33.2 Å². The molecule has 1 heterocycles. The summed E-state index contributed by atoms with van der Waals surface area (Å²) in [4.78, 5) is 24.1. The minimum Gasteiger partial charge on any atom is -0.486 e. The maximum absolute atomic E-state index is 12.1. The SMILES string of the molecule is O=C(CNC(=O)c1ccccc1I)NCc1cc(Cl)c2c(c1)OCCO2. The molecule has 0 unspecified atom stereocenters. The lowest BCUT2D eigenvalue weighted by molar-refractivity contribution is -0.120. The van der Waals surface area contributed by atoms with Gasteiger partial charge in [0, 0.05) is 10.1 Å². The number of hydrogen-bond acceptors (Lipinski definition) is 4. The Morgan fingerprint density at radius 2 is 1.88 bits per heavy atom. The van der Waals surface area contributed by atoms with Gasteiger partial charge in [0.25, 0.3) is 5.91 Å². The van der Waals surface area contributed by atoms with Crippen molar-refractivity contribution in [1.82, 2.24) is 10.6 Å². The highest BCUT2D eigenvalue weighted by Crippen LogP contribution is 2.38. The molecule has 2 aromatic rings. The van der Waals surface area contributed by atoms with Crippen LogP contribution in [-0.2, 0) is 11.3 Å². The third-order valence-electron chi connectivity index (χ3n) is 3.67. The van der Waals surface area contributed by atoms with Gasteiger partial charge in [-0.3, -0.25) is 9.59 Å². The largest absolute Gasteiger partial charge is 0.486 e. The van der Waals surface area contributed by atoms with E-state index in [0.29, 0.717) is 35.3 Å². The van der Waals surface area contributed by atoms with Crippen molar-refractivity contribution in [2.24, 2.45) is 0 Å². The molecule has 0 bridgehead atoms. The van der Waals surface area contributed by atoms with Gasteiger partial charge in [-0.1, -0.05) is 23.7 Å². The van der Waals surface area contributed by atoms with Crippen LogP contribution in [-0.4, -0.2) is 31.6 Å². The fraction of sp³-hybridized carbons (Fsp3) is 0.222. The van der Waals surface area contributed by atoms with E-state index in [-0.39, 0.29) is 24.9 Å². The highest BCUT2D eigenvalue weighted by atomic mass is 127. The van der Waals surface area contributed by atoms with Gasteiger partial charge in [0.05, 0.1) is 17.1 Å². The van der Waals surface area contributed by atoms with Gasteiger partial charge in [-0.05, 0) is 52.4 Å². The van der Waals surface area contributed by atoms with Crippen LogP contribution in [0.4, 0.5) is 0 Å². The summed E-state index contributed by atoms with van der Waals surface area (Å²) in [5.41, 5.74) is 1.33. The summed E-state index contributed by atoms with van der Waals surface area (Å²) in [6, 6.07) is 10.7. The Bertz CT molecular complexity index is 844. The number of benzene rings is 2. The van der Waals surface area contributed by atoms with Gasteiger partial charge in [0.1, 0.15) is 13.2 Å². The summed E-state index contributed by atoms with van der Waals surface area (Å²) in [5, 5.41) is 5.80. The lowest BCUT2D eigenvalue weighted by atomic mass is 10.2. The van der Waals surface area contributed by atoms with Crippen molar-refractivity contribution >= 4 is 46.0 Å². The number of nitrogens with one attached hydrogen (secondary N) is 2. The van der Waals surface area contributed by atoms with Crippen LogP contribution in [0.1, 0.15) is 15.9 Å². The number of carbonyl (C=O) groups excluding carboxylic acids is 2. The number of rotatable bonds is 5. The smallest absolute Gasteiger partial charge is 0.252 e. The second-order valence-corrected chi connectivity index (χ2v) is 7.11. The molecule has 0 aromatic heterocycles. The first-order valence-electron chi connectivity index (χ1n) is 7.92.